The smallest absolute Gasteiger partial charge is 0.216 e. The van der Waals surface area contributed by atoms with Gasteiger partial charge in [-0.05, 0) is 37.3 Å². The van der Waals surface area contributed by atoms with Gasteiger partial charge in [0.1, 0.15) is 0 Å². The zero-order valence-corrected chi connectivity index (χ0v) is 14.6. The van der Waals surface area contributed by atoms with E-state index in [0.717, 1.165) is 37.7 Å². The molecule has 1 aromatic heterocycles. The summed E-state index contributed by atoms with van der Waals surface area (Å²) in [7, 11) is -3.06. The molecule has 1 aromatic rings. The van der Waals surface area contributed by atoms with Crippen molar-refractivity contribution >= 4 is 10.0 Å². The van der Waals surface area contributed by atoms with E-state index in [1.54, 1.807) is 10.5 Å². The number of pyridine rings is 1. The number of ether oxygens (including phenoxy) is 2. The van der Waals surface area contributed by atoms with Crippen molar-refractivity contribution in [3.8, 4) is 0 Å². The normalized spacial score (nSPS) is 27.6. The molecule has 0 N–H and O–H groups in total. The van der Waals surface area contributed by atoms with Crippen molar-refractivity contribution in [1.82, 2.24) is 9.29 Å². The molecule has 132 valence electrons. The van der Waals surface area contributed by atoms with Gasteiger partial charge in [0.15, 0.2) is 0 Å². The lowest BCUT2D eigenvalue weighted by Crippen LogP contribution is -2.47. The van der Waals surface area contributed by atoms with Crippen molar-refractivity contribution in [2.75, 3.05) is 19.7 Å². The highest BCUT2D eigenvalue weighted by atomic mass is 32.2. The number of sulfonamides is 1. The lowest BCUT2D eigenvalue weighted by atomic mass is 9.89. The average molecular weight is 352 g/mol. The fourth-order valence-electron chi connectivity index (χ4n) is 3.68. The van der Waals surface area contributed by atoms with E-state index in [1.165, 1.54) is 0 Å². The van der Waals surface area contributed by atoms with Crippen LogP contribution in [0.5, 0.6) is 0 Å². The van der Waals surface area contributed by atoms with Crippen LogP contribution in [0.15, 0.2) is 24.5 Å². The highest BCUT2D eigenvalue weighted by Crippen LogP contribution is 2.40. The molecule has 0 aromatic carbocycles. The molecule has 2 aliphatic heterocycles. The second-order valence-electron chi connectivity index (χ2n) is 7.14. The van der Waals surface area contributed by atoms with E-state index >= 15 is 0 Å². The molecule has 24 heavy (non-hydrogen) atoms. The van der Waals surface area contributed by atoms with Crippen molar-refractivity contribution in [2.24, 2.45) is 0 Å². The van der Waals surface area contributed by atoms with Crippen molar-refractivity contribution in [3.05, 3.63) is 30.1 Å². The molecule has 0 bridgehead atoms. The molecule has 6 nitrogen and oxygen atoms in total. The molecule has 3 aliphatic rings. The first-order chi connectivity index (χ1) is 11.6. The van der Waals surface area contributed by atoms with Crippen LogP contribution in [-0.2, 0) is 26.1 Å². The molecule has 2 saturated heterocycles. The van der Waals surface area contributed by atoms with E-state index in [9.17, 15) is 8.42 Å². The SMILES string of the molecule is O=S(=O)(C1CC1)N1CCC2(CC1)C[C@H](OCc1cccnc1)CO2. The van der Waals surface area contributed by atoms with Gasteiger partial charge in [-0.15, -0.1) is 0 Å². The monoisotopic (exact) mass is 352 g/mol. The Bertz CT molecular complexity index is 667. The van der Waals surface area contributed by atoms with Gasteiger partial charge in [-0.25, -0.2) is 12.7 Å². The number of hydrogen-bond acceptors (Lipinski definition) is 5. The maximum atomic E-state index is 12.3. The third-order valence-electron chi connectivity index (χ3n) is 5.32. The summed E-state index contributed by atoms with van der Waals surface area (Å²) in [4.78, 5) is 4.09. The van der Waals surface area contributed by atoms with Crippen LogP contribution in [0.1, 0.15) is 37.7 Å². The van der Waals surface area contributed by atoms with Crippen molar-refractivity contribution in [2.45, 2.75) is 55.7 Å². The first-order valence-corrected chi connectivity index (χ1v) is 10.2. The van der Waals surface area contributed by atoms with Gasteiger partial charge in [0.2, 0.25) is 10.0 Å². The zero-order valence-electron chi connectivity index (χ0n) is 13.8. The maximum Gasteiger partial charge on any atom is 0.216 e. The van der Waals surface area contributed by atoms with Crippen LogP contribution in [0.2, 0.25) is 0 Å². The minimum Gasteiger partial charge on any atom is -0.372 e. The number of aromatic nitrogens is 1. The fourth-order valence-corrected chi connectivity index (χ4v) is 5.53. The van der Waals surface area contributed by atoms with Gasteiger partial charge in [-0.1, -0.05) is 6.07 Å². The molecule has 1 spiro atoms. The van der Waals surface area contributed by atoms with E-state index in [1.807, 2.05) is 18.3 Å². The van der Waals surface area contributed by atoms with E-state index in [2.05, 4.69) is 4.98 Å². The molecule has 1 saturated carbocycles. The van der Waals surface area contributed by atoms with Crippen molar-refractivity contribution < 1.29 is 17.9 Å². The molecular weight excluding hydrogens is 328 g/mol. The Kier molecular flexibility index (Phi) is 4.36. The third kappa shape index (κ3) is 3.35. The predicted molar refractivity (Wildman–Crippen MR) is 88.9 cm³/mol. The van der Waals surface area contributed by atoms with Gasteiger partial charge in [0.25, 0.3) is 0 Å². The Morgan fingerprint density at radius 1 is 1.33 bits per heavy atom. The molecule has 7 heteroatoms. The van der Waals surface area contributed by atoms with Gasteiger partial charge < -0.3 is 9.47 Å². The highest BCUT2D eigenvalue weighted by Gasteiger charge is 2.47. The van der Waals surface area contributed by atoms with Crippen LogP contribution >= 0.6 is 0 Å². The summed E-state index contributed by atoms with van der Waals surface area (Å²) in [6.45, 7) is 2.29. The standard InChI is InChI=1S/C17H24N2O4S/c20-24(21,16-3-4-16)19-8-5-17(6-9-19)10-15(13-23-17)22-12-14-2-1-7-18-11-14/h1-2,7,11,15-16H,3-6,8-10,12-13H2/t15-/m0/s1. The van der Waals surface area contributed by atoms with E-state index < -0.39 is 10.0 Å². The highest BCUT2D eigenvalue weighted by molar-refractivity contribution is 7.90. The van der Waals surface area contributed by atoms with Crippen LogP contribution in [-0.4, -0.2) is 54.4 Å². The van der Waals surface area contributed by atoms with Crippen LogP contribution in [0, 0.1) is 0 Å². The van der Waals surface area contributed by atoms with Crippen molar-refractivity contribution in [3.63, 3.8) is 0 Å². The summed E-state index contributed by atoms with van der Waals surface area (Å²) in [5, 5.41) is -0.119. The maximum absolute atomic E-state index is 12.3. The number of nitrogens with zero attached hydrogens (tertiary/aromatic N) is 2. The summed E-state index contributed by atoms with van der Waals surface area (Å²) in [6, 6.07) is 3.90. The Morgan fingerprint density at radius 2 is 2.12 bits per heavy atom. The quantitative estimate of drug-likeness (QED) is 0.807. The minimum absolute atomic E-state index is 0.0804. The number of hydrogen-bond donors (Lipinski definition) is 0. The van der Waals surface area contributed by atoms with Crippen LogP contribution in [0.4, 0.5) is 0 Å². The second kappa shape index (κ2) is 6.37. The predicted octanol–water partition coefficient (Wildman–Crippen LogP) is 1.71. The summed E-state index contributed by atoms with van der Waals surface area (Å²) < 4.78 is 38.3. The third-order valence-corrected chi connectivity index (χ3v) is 7.72. The van der Waals surface area contributed by atoms with Crippen LogP contribution < -0.4 is 0 Å². The molecule has 0 amide bonds. The minimum atomic E-state index is -3.06. The molecule has 4 rings (SSSR count). The van der Waals surface area contributed by atoms with Gasteiger partial charge >= 0.3 is 0 Å². The summed E-state index contributed by atoms with van der Waals surface area (Å²) >= 11 is 0. The van der Waals surface area contributed by atoms with Gasteiger partial charge in [-0.3, -0.25) is 4.98 Å². The molecule has 3 fully saturated rings. The lowest BCUT2D eigenvalue weighted by molar-refractivity contribution is -0.0343. The summed E-state index contributed by atoms with van der Waals surface area (Å²) in [5.74, 6) is 0. The van der Waals surface area contributed by atoms with Gasteiger partial charge in [0, 0.05) is 31.9 Å². The molecule has 3 heterocycles. The summed E-state index contributed by atoms with van der Waals surface area (Å²) in [5.41, 5.74) is 0.860. The average Bonchev–Trinajstić information content (AvgIpc) is 3.39. The second-order valence-corrected chi connectivity index (χ2v) is 9.35. The summed E-state index contributed by atoms with van der Waals surface area (Å²) in [6.07, 6.45) is 7.68. The van der Waals surface area contributed by atoms with E-state index in [0.29, 0.717) is 26.3 Å². The number of piperidine rings is 1. The number of rotatable bonds is 5. The van der Waals surface area contributed by atoms with Crippen LogP contribution in [0.25, 0.3) is 0 Å². The fraction of sp³-hybridized carbons (Fsp3) is 0.706. The molecule has 1 atom stereocenters. The lowest BCUT2D eigenvalue weighted by Gasteiger charge is -2.38. The Hall–Kier alpha value is -1.02. The van der Waals surface area contributed by atoms with Gasteiger partial charge in [-0.2, -0.15) is 0 Å². The Morgan fingerprint density at radius 3 is 2.79 bits per heavy atom. The first kappa shape index (κ1) is 16.4. The molecular formula is C17H24N2O4S. The first-order valence-electron chi connectivity index (χ1n) is 8.71. The molecule has 0 radical (unpaired) electrons. The Labute approximate surface area is 143 Å². The van der Waals surface area contributed by atoms with Gasteiger partial charge in [0.05, 0.1) is 30.2 Å². The van der Waals surface area contributed by atoms with Crippen LogP contribution in [0.3, 0.4) is 0 Å². The van der Waals surface area contributed by atoms with E-state index in [-0.39, 0.29) is 17.0 Å². The zero-order chi connectivity index (χ0) is 16.6. The molecule has 1 aliphatic carbocycles. The molecule has 0 unspecified atom stereocenters. The van der Waals surface area contributed by atoms with Crippen molar-refractivity contribution in [1.29, 1.82) is 0 Å². The largest absolute Gasteiger partial charge is 0.372 e. The Balaban J connectivity index is 1.29. The topological polar surface area (TPSA) is 68.7 Å². The van der Waals surface area contributed by atoms with E-state index in [4.69, 9.17) is 9.47 Å².